The molecule has 0 amide bonds. The molecule has 29 heavy (non-hydrogen) atoms. The van der Waals surface area contributed by atoms with Crippen molar-refractivity contribution in [1.29, 1.82) is 0 Å². The van der Waals surface area contributed by atoms with Crippen molar-refractivity contribution in [2.45, 2.75) is 4.90 Å². The maximum atomic E-state index is 14.4. The van der Waals surface area contributed by atoms with Crippen molar-refractivity contribution in [2.75, 3.05) is 24.3 Å². The molecule has 0 aliphatic heterocycles. The third-order valence-corrected chi connectivity index (χ3v) is 4.43. The highest BCUT2D eigenvalue weighted by Gasteiger charge is 2.26. The van der Waals surface area contributed by atoms with Gasteiger partial charge >= 0.3 is 0 Å². The summed E-state index contributed by atoms with van der Waals surface area (Å²) in [6, 6.07) is 12.8. The van der Waals surface area contributed by atoms with E-state index in [2.05, 4.69) is 28.2 Å². The lowest BCUT2D eigenvalue weighted by Crippen LogP contribution is -2.07. The SMILES string of the molecule is CN(C)c1ccc(N=Nc2c(F)c(F)c(Nc3ccccc3S)c(F)c2F)cc1. The maximum Gasteiger partial charge on any atom is 0.191 e. The molecule has 1 N–H and O–H groups in total. The van der Waals surface area contributed by atoms with Gasteiger partial charge in [-0.15, -0.1) is 17.7 Å². The lowest BCUT2D eigenvalue weighted by molar-refractivity contribution is 0.462. The van der Waals surface area contributed by atoms with Gasteiger partial charge in [-0.05, 0) is 36.4 Å². The third kappa shape index (κ3) is 4.34. The summed E-state index contributed by atoms with van der Waals surface area (Å²) in [5.74, 6) is -6.54. The van der Waals surface area contributed by atoms with Crippen LogP contribution in [-0.2, 0) is 0 Å². The van der Waals surface area contributed by atoms with Crippen LogP contribution in [0.2, 0.25) is 0 Å². The molecule has 0 atom stereocenters. The highest BCUT2D eigenvalue weighted by molar-refractivity contribution is 7.80. The first-order valence-corrected chi connectivity index (χ1v) is 8.84. The summed E-state index contributed by atoms with van der Waals surface area (Å²) in [7, 11) is 3.68. The van der Waals surface area contributed by atoms with Crippen LogP contribution in [-0.4, -0.2) is 14.1 Å². The van der Waals surface area contributed by atoms with Crippen LogP contribution in [0.4, 0.5) is 46.0 Å². The number of benzene rings is 3. The molecule has 0 unspecified atom stereocenters. The van der Waals surface area contributed by atoms with Crippen LogP contribution in [0.3, 0.4) is 0 Å². The second kappa shape index (κ2) is 8.52. The molecule has 0 aliphatic carbocycles. The van der Waals surface area contributed by atoms with Crippen LogP contribution in [0.25, 0.3) is 0 Å². The van der Waals surface area contributed by atoms with Crippen molar-refractivity contribution in [3.8, 4) is 0 Å². The Balaban J connectivity index is 1.96. The second-order valence-electron chi connectivity index (χ2n) is 6.23. The van der Waals surface area contributed by atoms with Crippen LogP contribution < -0.4 is 10.2 Å². The van der Waals surface area contributed by atoms with Crippen LogP contribution in [0.5, 0.6) is 0 Å². The van der Waals surface area contributed by atoms with Gasteiger partial charge in [-0.25, -0.2) is 17.6 Å². The largest absolute Gasteiger partial charge is 0.378 e. The van der Waals surface area contributed by atoms with Gasteiger partial charge in [-0.1, -0.05) is 12.1 Å². The fourth-order valence-electron chi connectivity index (χ4n) is 2.46. The summed E-state index contributed by atoms with van der Waals surface area (Å²) in [5.41, 5.74) is -0.806. The van der Waals surface area contributed by atoms with Gasteiger partial charge < -0.3 is 10.2 Å². The Morgan fingerprint density at radius 2 is 1.38 bits per heavy atom. The minimum atomic E-state index is -1.66. The molecule has 9 heteroatoms. The molecule has 0 aromatic heterocycles. The highest BCUT2D eigenvalue weighted by Crippen LogP contribution is 2.36. The third-order valence-electron chi connectivity index (χ3n) is 4.04. The smallest absolute Gasteiger partial charge is 0.191 e. The second-order valence-corrected chi connectivity index (χ2v) is 6.71. The molecule has 4 nitrogen and oxygen atoms in total. The Bertz CT molecular complexity index is 1040. The highest BCUT2D eigenvalue weighted by atomic mass is 32.1. The van der Waals surface area contributed by atoms with Crippen molar-refractivity contribution in [3.63, 3.8) is 0 Å². The lowest BCUT2D eigenvalue weighted by Gasteiger charge is -2.13. The number of rotatable bonds is 5. The minimum absolute atomic E-state index is 0.183. The number of thiol groups is 1. The number of para-hydroxylation sites is 1. The molecule has 0 saturated carbocycles. The first-order valence-electron chi connectivity index (χ1n) is 8.39. The number of azo groups is 1. The van der Waals surface area contributed by atoms with Crippen molar-refractivity contribution >= 4 is 41.1 Å². The molecule has 0 bridgehead atoms. The van der Waals surface area contributed by atoms with Gasteiger partial charge in [-0.3, -0.25) is 0 Å². The molecular weight excluding hydrogens is 404 g/mol. The Kier molecular flexibility index (Phi) is 6.07. The summed E-state index contributed by atoms with van der Waals surface area (Å²) in [6.45, 7) is 0. The van der Waals surface area contributed by atoms with Gasteiger partial charge in [0.15, 0.2) is 29.0 Å². The normalized spacial score (nSPS) is 11.1. The number of hydrogen-bond acceptors (Lipinski definition) is 5. The fourth-order valence-corrected chi connectivity index (χ4v) is 2.67. The quantitative estimate of drug-likeness (QED) is 0.207. The molecule has 3 aromatic rings. The molecular formula is C20H16F4N4S. The minimum Gasteiger partial charge on any atom is -0.378 e. The Morgan fingerprint density at radius 1 is 0.793 bits per heavy atom. The van der Waals surface area contributed by atoms with E-state index in [1.165, 1.54) is 6.07 Å². The zero-order chi connectivity index (χ0) is 21.1. The monoisotopic (exact) mass is 420 g/mol. The van der Waals surface area contributed by atoms with Gasteiger partial charge in [-0.2, -0.15) is 5.11 Å². The van der Waals surface area contributed by atoms with E-state index in [1.807, 2.05) is 19.0 Å². The van der Waals surface area contributed by atoms with E-state index in [1.54, 1.807) is 42.5 Å². The van der Waals surface area contributed by atoms with Crippen LogP contribution >= 0.6 is 12.6 Å². The zero-order valence-electron chi connectivity index (χ0n) is 15.4. The molecule has 0 spiro atoms. The molecule has 0 aliphatic rings. The van der Waals surface area contributed by atoms with Gasteiger partial charge in [0.1, 0.15) is 5.69 Å². The molecule has 0 heterocycles. The average molecular weight is 420 g/mol. The first kappa shape index (κ1) is 20.7. The lowest BCUT2D eigenvalue weighted by atomic mass is 10.2. The molecule has 0 fully saturated rings. The van der Waals surface area contributed by atoms with Crippen LogP contribution in [0.1, 0.15) is 0 Å². The Morgan fingerprint density at radius 3 is 1.93 bits per heavy atom. The van der Waals surface area contributed by atoms with Crippen molar-refractivity contribution in [1.82, 2.24) is 0 Å². The summed E-state index contributed by atoms with van der Waals surface area (Å²) in [4.78, 5) is 2.19. The zero-order valence-corrected chi connectivity index (χ0v) is 16.3. The molecule has 150 valence electrons. The van der Waals surface area contributed by atoms with Crippen molar-refractivity contribution in [3.05, 3.63) is 71.8 Å². The van der Waals surface area contributed by atoms with E-state index < -0.39 is 34.6 Å². The van der Waals surface area contributed by atoms with E-state index >= 15 is 0 Å². The first-order chi connectivity index (χ1) is 13.8. The van der Waals surface area contributed by atoms with Crippen LogP contribution in [0, 0.1) is 23.3 Å². The predicted octanol–water partition coefficient (Wildman–Crippen LogP) is 6.76. The van der Waals surface area contributed by atoms with Crippen molar-refractivity contribution < 1.29 is 17.6 Å². The number of nitrogens with one attached hydrogen (secondary N) is 1. The van der Waals surface area contributed by atoms with Gasteiger partial charge in [0.2, 0.25) is 0 Å². The van der Waals surface area contributed by atoms with E-state index in [0.29, 0.717) is 4.90 Å². The average Bonchev–Trinajstić information content (AvgIpc) is 2.71. The summed E-state index contributed by atoms with van der Waals surface area (Å²) in [6.07, 6.45) is 0. The molecule has 3 rings (SSSR count). The Hall–Kier alpha value is -3.07. The number of hydrogen-bond donors (Lipinski definition) is 2. The van der Waals surface area contributed by atoms with Crippen LogP contribution in [0.15, 0.2) is 63.7 Å². The Labute approximate surface area is 170 Å². The predicted molar refractivity (Wildman–Crippen MR) is 108 cm³/mol. The standard InChI is InChI=1S/C20H16F4N4S/c1-28(2)12-9-7-11(8-10-12)26-27-20-17(23)15(21)19(16(22)18(20)24)25-13-5-3-4-6-14(13)29/h3-10,25,29H,1-2H3. The van der Waals surface area contributed by atoms with Gasteiger partial charge in [0.25, 0.3) is 0 Å². The molecule has 0 radical (unpaired) electrons. The number of anilines is 3. The fraction of sp³-hybridized carbons (Fsp3) is 0.100. The summed E-state index contributed by atoms with van der Waals surface area (Å²) < 4.78 is 57.6. The number of nitrogens with zero attached hydrogens (tertiary/aromatic N) is 3. The number of halogens is 4. The van der Waals surface area contributed by atoms with E-state index in [-0.39, 0.29) is 11.4 Å². The van der Waals surface area contributed by atoms with Gasteiger partial charge in [0, 0.05) is 24.7 Å². The topological polar surface area (TPSA) is 40.0 Å². The van der Waals surface area contributed by atoms with Gasteiger partial charge in [0.05, 0.1) is 11.4 Å². The van der Waals surface area contributed by atoms with E-state index in [0.717, 1.165) is 5.69 Å². The summed E-state index contributed by atoms with van der Waals surface area (Å²) >= 11 is 4.13. The van der Waals surface area contributed by atoms with E-state index in [9.17, 15) is 17.6 Å². The maximum absolute atomic E-state index is 14.4. The molecule has 3 aromatic carbocycles. The molecule has 0 saturated heterocycles. The van der Waals surface area contributed by atoms with Crippen molar-refractivity contribution in [2.24, 2.45) is 10.2 Å². The van der Waals surface area contributed by atoms with E-state index in [4.69, 9.17) is 0 Å². The summed E-state index contributed by atoms with van der Waals surface area (Å²) in [5, 5.41) is 9.37.